The first kappa shape index (κ1) is 15.3. The van der Waals surface area contributed by atoms with Crippen molar-refractivity contribution in [2.45, 2.75) is 51.0 Å². The van der Waals surface area contributed by atoms with E-state index >= 15 is 0 Å². The van der Waals surface area contributed by atoms with E-state index < -0.39 is 0 Å². The van der Waals surface area contributed by atoms with Crippen LogP contribution in [0, 0.1) is 17.8 Å². The van der Waals surface area contributed by atoms with Crippen LogP contribution in [-0.4, -0.2) is 60.1 Å². The molecule has 120 valence electrons. The molecule has 4 heteroatoms. The van der Waals surface area contributed by atoms with Gasteiger partial charge in [0.05, 0.1) is 6.61 Å². The lowest BCUT2D eigenvalue weighted by Crippen LogP contribution is -2.48. The zero-order valence-corrected chi connectivity index (χ0v) is 13.3. The average Bonchev–Trinajstić information content (AvgIpc) is 3.08. The lowest BCUT2D eigenvalue weighted by molar-refractivity contribution is -0.136. The van der Waals surface area contributed by atoms with E-state index in [1.54, 1.807) is 0 Å². The number of hydrogen-bond donors (Lipinski definition) is 1. The lowest BCUT2D eigenvalue weighted by Gasteiger charge is -2.38. The molecule has 1 aliphatic heterocycles. The maximum atomic E-state index is 12.7. The highest BCUT2D eigenvalue weighted by atomic mass is 16.3. The van der Waals surface area contributed by atoms with Gasteiger partial charge in [0.1, 0.15) is 0 Å². The predicted octanol–water partition coefficient (Wildman–Crippen LogP) is 1.73. The Morgan fingerprint density at radius 2 is 1.95 bits per heavy atom. The van der Waals surface area contributed by atoms with Crippen molar-refractivity contribution in [3.63, 3.8) is 0 Å². The number of likely N-dealkylation sites (tertiary alicyclic amines) is 1. The van der Waals surface area contributed by atoms with Crippen molar-refractivity contribution in [2.75, 3.05) is 33.3 Å². The van der Waals surface area contributed by atoms with Crippen LogP contribution in [0.5, 0.6) is 0 Å². The van der Waals surface area contributed by atoms with Gasteiger partial charge < -0.3 is 14.9 Å². The first-order valence-electron chi connectivity index (χ1n) is 8.76. The molecular weight excluding hydrogens is 264 g/mol. The zero-order valence-electron chi connectivity index (χ0n) is 13.3. The molecule has 3 fully saturated rings. The Hall–Kier alpha value is -0.610. The van der Waals surface area contributed by atoms with Crippen molar-refractivity contribution in [1.29, 1.82) is 0 Å². The van der Waals surface area contributed by atoms with E-state index in [1.165, 1.54) is 25.7 Å². The first-order chi connectivity index (χ1) is 10.2. The highest BCUT2D eigenvalue weighted by Crippen LogP contribution is 2.49. The van der Waals surface area contributed by atoms with Crippen LogP contribution >= 0.6 is 0 Å². The van der Waals surface area contributed by atoms with E-state index in [4.69, 9.17) is 0 Å². The van der Waals surface area contributed by atoms with Gasteiger partial charge in [0.2, 0.25) is 5.91 Å². The second kappa shape index (κ2) is 6.66. The predicted molar refractivity (Wildman–Crippen MR) is 82.9 cm³/mol. The van der Waals surface area contributed by atoms with Gasteiger partial charge in [0.25, 0.3) is 0 Å². The van der Waals surface area contributed by atoms with Gasteiger partial charge in [-0.25, -0.2) is 0 Å². The fourth-order valence-corrected chi connectivity index (χ4v) is 4.89. The van der Waals surface area contributed by atoms with Crippen LogP contribution in [-0.2, 0) is 4.79 Å². The lowest BCUT2D eigenvalue weighted by atomic mass is 9.86. The molecule has 2 saturated carbocycles. The molecule has 0 aromatic carbocycles. The third-order valence-corrected chi connectivity index (χ3v) is 6.11. The molecule has 1 amide bonds. The van der Waals surface area contributed by atoms with Gasteiger partial charge in [-0.3, -0.25) is 4.79 Å². The molecule has 21 heavy (non-hydrogen) atoms. The number of piperidine rings is 1. The average molecular weight is 294 g/mol. The van der Waals surface area contributed by atoms with Gasteiger partial charge in [0, 0.05) is 19.0 Å². The first-order valence-corrected chi connectivity index (χ1v) is 8.76. The smallest absolute Gasteiger partial charge is 0.223 e. The van der Waals surface area contributed by atoms with Crippen LogP contribution in [0.25, 0.3) is 0 Å². The minimum absolute atomic E-state index is 0.0921. The van der Waals surface area contributed by atoms with Gasteiger partial charge in [0.15, 0.2) is 0 Å². The number of carbonyl (C=O) groups excluding carboxylic acids is 1. The fraction of sp³-hybridized carbons (Fsp3) is 0.941. The third-order valence-electron chi connectivity index (χ3n) is 6.11. The molecule has 0 spiro atoms. The quantitative estimate of drug-likeness (QED) is 0.840. The number of rotatable bonds is 5. The molecule has 0 aromatic rings. The van der Waals surface area contributed by atoms with Gasteiger partial charge in [-0.05, 0) is 70.0 Å². The third kappa shape index (κ3) is 3.42. The molecule has 3 rings (SSSR count). The molecule has 3 aliphatic rings. The van der Waals surface area contributed by atoms with E-state index in [1.807, 2.05) is 4.90 Å². The Morgan fingerprint density at radius 1 is 1.19 bits per heavy atom. The Balaban J connectivity index is 1.56. The zero-order chi connectivity index (χ0) is 14.8. The molecule has 0 radical (unpaired) electrons. The van der Waals surface area contributed by atoms with Crippen molar-refractivity contribution in [3.8, 4) is 0 Å². The monoisotopic (exact) mass is 294 g/mol. The Kier molecular flexibility index (Phi) is 4.85. The van der Waals surface area contributed by atoms with Crippen LogP contribution in [0.3, 0.4) is 0 Å². The summed E-state index contributed by atoms with van der Waals surface area (Å²) in [4.78, 5) is 17.1. The van der Waals surface area contributed by atoms with Crippen LogP contribution < -0.4 is 0 Å². The molecule has 2 bridgehead atoms. The largest absolute Gasteiger partial charge is 0.395 e. The van der Waals surface area contributed by atoms with Crippen LogP contribution in [0.1, 0.15) is 44.9 Å². The number of fused-ring (bicyclic) bond motifs is 2. The van der Waals surface area contributed by atoms with Crippen molar-refractivity contribution in [1.82, 2.24) is 9.80 Å². The Bertz CT molecular complexity index is 366. The summed E-state index contributed by atoms with van der Waals surface area (Å²) in [5, 5.41) is 9.33. The number of aliphatic hydroxyl groups excluding tert-OH is 1. The summed E-state index contributed by atoms with van der Waals surface area (Å²) in [7, 11) is 2.14. The standard InChI is InChI=1S/C17H30N2O2/c1-18-6-4-16(5-7-18)19(8-9-20)17(21)12-15-11-13-2-3-14(15)10-13/h13-16,20H,2-12H2,1H3. The van der Waals surface area contributed by atoms with Crippen molar-refractivity contribution < 1.29 is 9.90 Å². The molecule has 4 nitrogen and oxygen atoms in total. The fourth-order valence-electron chi connectivity index (χ4n) is 4.89. The Labute approximate surface area is 128 Å². The van der Waals surface area contributed by atoms with Crippen LogP contribution in [0.15, 0.2) is 0 Å². The van der Waals surface area contributed by atoms with E-state index in [0.29, 0.717) is 24.4 Å². The number of amides is 1. The van der Waals surface area contributed by atoms with Crippen molar-refractivity contribution >= 4 is 5.91 Å². The maximum Gasteiger partial charge on any atom is 0.223 e. The molecule has 2 aliphatic carbocycles. The summed E-state index contributed by atoms with van der Waals surface area (Å²) in [6.07, 6.45) is 8.22. The molecule has 1 saturated heterocycles. The SMILES string of the molecule is CN1CCC(N(CCO)C(=O)CC2CC3CCC2C3)CC1. The highest BCUT2D eigenvalue weighted by molar-refractivity contribution is 5.77. The van der Waals surface area contributed by atoms with E-state index in [-0.39, 0.29) is 6.61 Å². The number of hydrogen-bond acceptors (Lipinski definition) is 3. The molecule has 1 heterocycles. The molecule has 1 N–H and O–H groups in total. The van der Waals surface area contributed by atoms with Gasteiger partial charge >= 0.3 is 0 Å². The van der Waals surface area contributed by atoms with Gasteiger partial charge in [-0.15, -0.1) is 0 Å². The highest BCUT2D eigenvalue weighted by Gasteiger charge is 2.41. The minimum Gasteiger partial charge on any atom is -0.395 e. The van der Waals surface area contributed by atoms with E-state index in [0.717, 1.165) is 44.2 Å². The van der Waals surface area contributed by atoms with E-state index in [9.17, 15) is 9.90 Å². The maximum absolute atomic E-state index is 12.7. The minimum atomic E-state index is 0.0921. The van der Waals surface area contributed by atoms with Crippen LogP contribution in [0.2, 0.25) is 0 Å². The number of carbonyl (C=O) groups is 1. The van der Waals surface area contributed by atoms with Crippen molar-refractivity contribution in [3.05, 3.63) is 0 Å². The number of nitrogens with zero attached hydrogens (tertiary/aromatic N) is 2. The van der Waals surface area contributed by atoms with Crippen molar-refractivity contribution in [2.24, 2.45) is 17.8 Å². The molecule has 0 aromatic heterocycles. The second-order valence-corrected chi connectivity index (χ2v) is 7.48. The van der Waals surface area contributed by atoms with Crippen LogP contribution in [0.4, 0.5) is 0 Å². The summed E-state index contributed by atoms with van der Waals surface area (Å²) in [5.74, 6) is 2.65. The summed E-state index contributed by atoms with van der Waals surface area (Å²) in [5.41, 5.74) is 0. The summed E-state index contributed by atoms with van der Waals surface area (Å²) >= 11 is 0. The summed E-state index contributed by atoms with van der Waals surface area (Å²) in [6.45, 7) is 2.74. The Morgan fingerprint density at radius 3 is 2.52 bits per heavy atom. The molecular formula is C17H30N2O2. The van der Waals surface area contributed by atoms with Gasteiger partial charge in [-0.2, -0.15) is 0 Å². The summed E-state index contributed by atoms with van der Waals surface area (Å²) in [6, 6.07) is 0.347. The summed E-state index contributed by atoms with van der Waals surface area (Å²) < 4.78 is 0. The number of aliphatic hydroxyl groups is 1. The topological polar surface area (TPSA) is 43.8 Å². The van der Waals surface area contributed by atoms with Gasteiger partial charge in [-0.1, -0.05) is 6.42 Å². The van der Waals surface area contributed by atoms with E-state index in [2.05, 4.69) is 11.9 Å². The molecule has 3 unspecified atom stereocenters. The second-order valence-electron chi connectivity index (χ2n) is 7.48. The molecule has 3 atom stereocenters. The normalized spacial score (nSPS) is 33.5.